The van der Waals surface area contributed by atoms with Crippen LogP contribution in [0.2, 0.25) is 0 Å². The van der Waals surface area contributed by atoms with E-state index >= 15 is 0 Å². The molecule has 13 heavy (non-hydrogen) atoms. The van der Waals surface area contributed by atoms with Crippen molar-refractivity contribution in [3.63, 3.8) is 0 Å². The molecule has 0 bridgehead atoms. The van der Waals surface area contributed by atoms with E-state index in [1.54, 1.807) is 6.08 Å². The monoisotopic (exact) mass is 184 g/mol. The van der Waals surface area contributed by atoms with Gasteiger partial charge < -0.3 is 10.6 Å². The summed E-state index contributed by atoms with van der Waals surface area (Å²) in [5, 5.41) is 5.98. The Morgan fingerprint density at radius 1 is 1.62 bits per heavy atom. The first-order valence-corrected chi connectivity index (χ1v) is 4.81. The average Bonchev–Trinajstić information content (AvgIpc) is 2.14. The first-order chi connectivity index (χ1) is 6.20. The van der Waals surface area contributed by atoms with Gasteiger partial charge in [-0.2, -0.15) is 0 Å². The first-order valence-electron chi connectivity index (χ1n) is 4.81. The number of hydrogen-bond donors (Lipinski definition) is 2. The van der Waals surface area contributed by atoms with Crippen LogP contribution in [0.3, 0.4) is 0 Å². The van der Waals surface area contributed by atoms with Crippen molar-refractivity contribution >= 4 is 5.91 Å². The lowest BCUT2D eigenvalue weighted by Crippen LogP contribution is -2.31. The fraction of sp³-hybridized carbons (Fsp3) is 0.700. The van der Waals surface area contributed by atoms with Gasteiger partial charge in [0.2, 0.25) is 5.91 Å². The molecule has 0 aliphatic rings. The lowest BCUT2D eigenvalue weighted by Gasteiger charge is -2.10. The summed E-state index contributed by atoms with van der Waals surface area (Å²) in [4.78, 5) is 11.1. The highest BCUT2D eigenvalue weighted by Crippen LogP contribution is 1.87. The topological polar surface area (TPSA) is 41.1 Å². The van der Waals surface area contributed by atoms with E-state index in [9.17, 15) is 4.79 Å². The minimum atomic E-state index is 0.0794. The fourth-order valence-corrected chi connectivity index (χ4v) is 0.851. The average molecular weight is 184 g/mol. The number of rotatable bonds is 7. The van der Waals surface area contributed by atoms with Gasteiger partial charge in [0.25, 0.3) is 0 Å². The summed E-state index contributed by atoms with van der Waals surface area (Å²) in [6, 6.07) is 0.493. The van der Waals surface area contributed by atoms with E-state index in [2.05, 4.69) is 31.1 Å². The van der Waals surface area contributed by atoms with E-state index in [1.165, 1.54) is 0 Å². The number of carbonyl (C=O) groups excluding carboxylic acids is 1. The maximum Gasteiger partial charge on any atom is 0.221 e. The Labute approximate surface area is 80.6 Å². The summed E-state index contributed by atoms with van der Waals surface area (Å²) in [5.41, 5.74) is 0. The molecule has 76 valence electrons. The molecule has 0 heterocycles. The third kappa shape index (κ3) is 7.53. The molecule has 0 aromatic carbocycles. The molecule has 3 nitrogen and oxygen atoms in total. The van der Waals surface area contributed by atoms with Crippen LogP contribution in [0.1, 0.15) is 26.7 Å². The summed E-state index contributed by atoms with van der Waals surface area (Å²) in [6.07, 6.45) is 3.31. The highest BCUT2D eigenvalue weighted by atomic mass is 16.1. The maximum atomic E-state index is 11.1. The molecular weight excluding hydrogens is 164 g/mol. The molecule has 3 heteroatoms. The third-order valence-electron chi connectivity index (χ3n) is 1.90. The van der Waals surface area contributed by atoms with Crippen molar-refractivity contribution in [2.24, 2.45) is 0 Å². The smallest absolute Gasteiger partial charge is 0.221 e. The second-order valence-electron chi connectivity index (χ2n) is 3.11. The van der Waals surface area contributed by atoms with E-state index in [-0.39, 0.29) is 5.91 Å². The quantitative estimate of drug-likeness (QED) is 0.581. The van der Waals surface area contributed by atoms with Gasteiger partial charge in [-0.25, -0.2) is 0 Å². The lowest BCUT2D eigenvalue weighted by atomic mass is 10.2. The molecule has 0 fully saturated rings. The second-order valence-corrected chi connectivity index (χ2v) is 3.11. The van der Waals surface area contributed by atoms with E-state index in [0.717, 1.165) is 13.0 Å². The molecule has 0 aromatic heterocycles. The van der Waals surface area contributed by atoms with E-state index in [1.807, 2.05) is 0 Å². The Kier molecular flexibility index (Phi) is 7.30. The van der Waals surface area contributed by atoms with Crippen molar-refractivity contribution in [1.82, 2.24) is 10.6 Å². The lowest BCUT2D eigenvalue weighted by molar-refractivity contribution is -0.120. The SMILES string of the molecule is C=CCNC(=O)CCNC(C)CC. The van der Waals surface area contributed by atoms with Crippen LogP contribution >= 0.6 is 0 Å². The van der Waals surface area contributed by atoms with Crippen LogP contribution in [-0.2, 0) is 4.79 Å². The van der Waals surface area contributed by atoms with Gasteiger partial charge in [0, 0.05) is 25.6 Å². The Balaban J connectivity index is 3.31. The van der Waals surface area contributed by atoms with Gasteiger partial charge in [-0.1, -0.05) is 13.0 Å². The molecule has 0 aromatic rings. The number of amides is 1. The molecule has 0 saturated heterocycles. The molecule has 0 aliphatic carbocycles. The molecule has 0 aliphatic heterocycles. The van der Waals surface area contributed by atoms with Crippen molar-refractivity contribution in [2.45, 2.75) is 32.7 Å². The Morgan fingerprint density at radius 3 is 2.85 bits per heavy atom. The predicted octanol–water partition coefficient (Wildman–Crippen LogP) is 1.07. The number of hydrogen-bond acceptors (Lipinski definition) is 2. The molecule has 0 saturated carbocycles. The zero-order valence-electron chi connectivity index (χ0n) is 8.60. The molecule has 0 rings (SSSR count). The standard InChI is InChI=1S/C10H20N2O/c1-4-7-12-10(13)6-8-11-9(3)5-2/h4,9,11H,1,5-8H2,2-3H3,(H,12,13). The van der Waals surface area contributed by atoms with Gasteiger partial charge in [-0.05, 0) is 13.3 Å². The van der Waals surface area contributed by atoms with E-state index < -0.39 is 0 Å². The number of carbonyl (C=O) groups is 1. The first kappa shape index (κ1) is 12.2. The Hall–Kier alpha value is -0.830. The van der Waals surface area contributed by atoms with Gasteiger partial charge in [0.05, 0.1) is 0 Å². The van der Waals surface area contributed by atoms with Crippen LogP contribution in [0.15, 0.2) is 12.7 Å². The van der Waals surface area contributed by atoms with E-state index in [0.29, 0.717) is 19.0 Å². The summed E-state index contributed by atoms with van der Waals surface area (Å²) >= 11 is 0. The van der Waals surface area contributed by atoms with Crippen LogP contribution < -0.4 is 10.6 Å². The van der Waals surface area contributed by atoms with Gasteiger partial charge in [0.15, 0.2) is 0 Å². The normalized spacial score (nSPS) is 12.2. The third-order valence-corrected chi connectivity index (χ3v) is 1.90. The molecule has 2 N–H and O–H groups in total. The van der Waals surface area contributed by atoms with Crippen LogP contribution in [0.5, 0.6) is 0 Å². The van der Waals surface area contributed by atoms with Crippen LogP contribution in [0, 0.1) is 0 Å². The Morgan fingerprint density at radius 2 is 2.31 bits per heavy atom. The van der Waals surface area contributed by atoms with Gasteiger partial charge >= 0.3 is 0 Å². The molecule has 0 spiro atoms. The summed E-state index contributed by atoms with van der Waals surface area (Å²) < 4.78 is 0. The molecule has 1 amide bonds. The molecule has 1 atom stereocenters. The van der Waals surface area contributed by atoms with Crippen LogP contribution in [-0.4, -0.2) is 25.0 Å². The largest absolute Gasteiger partial charge is 0.353 e. The van der Waals surface area contributed by atoms with Crippen molar-refractivity contribution in [2.75, 3.05) is 13.1 Å². The zero-order chi connectivity index (χ0) is 10.1. The zero-order valence-corrected chi connectivity index (χ0v) is 8.60. The second kappa shape index (κ2) is 7.80. The van der Waals surface area contributed by atoms with Gasteiger partial charge in [-0.3, -0.25) is 4.79 Å². The highest BCUT2D eigenvalue weighted by molar-refractivity contribution is 5.76. The minimum Gasteiger partial charge on any atom is -0.353 e. The summed E-state index contributed by atoms with van der Waals surface area (Å²) in [5.74, 6) is 0.0794. The van der Waals surface area contributed by atoms with Crippen LogP contribution in [0.25, 0.3) is 0 Å². The van der Waals surface area contributed by atoms with Gasteiger partial charge in [0.1, 0.15) is 0 Å². The maximum absolute atomic E-state index is 11.1. The molecule has 0 radical (unpaired) electrons. The van der Waals surface area contributed by atoms with Gasteiger partial charge in [-0.15, -0.1) is 6.58 Å². The molecule has 1 unspecified atom stereocenters. The minimum absolute atomic E-state index is 0.0794. The van der Waals surface area contributed by atoms with Crippen LogP contribution in [0.4, 0.5) is 0 Å². The highest BCUT2D eigenvalue weighted by Gasteiger charge is 2.00. The molecular formula is C10H20N2O. The van der Waals surface area contributed by atoms with Crippen molar-refractivity contribution in [3.8, 4) is 0 Å². The van der Waals surface area contributed by atoms with Crippen molar-refractivity contribution < 1.29 is 4.79 Å². The predicted molar refractivity (Wildman–Crippen MR) is 55.6 cm³/mol. The number of nitrogens with one attached hydrogen (secondary N) is 2. The Bertz CT molecular complexity index is 157. The van der Waals surface area contributed by atoms with E-state index in [4.69, 9.17) is 0 Å². The summed E-state index contributed by atoms with van der Waals surface area (Å²) in [7, 11) is 0. The van der Waals surface area contributed by atoms with Crippen molar-refractivity contribution in [3.05, 3.63) is 12.7 Å². The van der Waals surface area contributed by atoms with Crippen molar-refractivity contribution in [1.29, 1.82) is 0 Å². The summed E-state index contributed by atoms with van der Waals surface area (Å²) in [6.45, 7) is 9.06. The fourth-order valence-electron chi connectivity index (χ4n) is 0.851.